The number of hydrogen-bond acceptors (Lipinski definition) is 4. The highest BCUT2D eigenvalue weighted by atomic mass is 19.4. The molecule has 1 fully saturated rings. The van der Waals surface area contributed by atoms with E-state index in [1.165, 1.54) is 0 Å². The van der Waals surface area contributed by atoms with Crippen molar-refractivity contribution in [2.24, 2.45) is 0 Å². The van der Waals surface area contributed by atoms with E-state index >= 15 is 0 Å². The molecule has 0 radical (unpaired) electrons. The molecule has 1 aromatic carbocycles. The summed E-state index contributed by atoms with van der Waals surface area (Å²) >= 11 is 0. The number of benzene rings is 1. The number of nitrogens with one attached hydrogen (secondary N) is 1. The first kappa shape index (κ1) is 17.7. The third-order valence-corrected chi connectivity index (χ3v) is 3.58. The molecule has 5 nitrogen and oxygen atoms in total. The fourth-order valence-corrected chi connectivity index (χ4v) is 2.41. The number of amides is 1. The van der Waals surface area contributed by atoms with Gasteiger partial charge in [-0.15, -0.1) is 0 Å². The molecule has 2 atom stereocenters. The molecule has 0 spiro atoms. The Kier molecular flexibility index (Phi) is 5.97. The molecule has 1 aliphatic heterocycles. The van der Waals surface area contributed by atoms with E-state index in [-0.39, 0.29) is 26.3 Å². The van der Waals surface area contributed by atoms with Crippen LogP contribution in [0.1, 0.15) is 11.7 Å². The Balaban J connectivity index is 1.90. The van der Waals surface area contributed by atoms with Gasteiger partial charge in [0.25, 0.3) is 0 Å². The zero-order valence-electron chi connectivity index (χ0n) is 12.4. The molecular formula is C15H19F3N2O3. The maximum absolute atomic E-state index is 12.6. The number of rotatable bonds is 5. The first-order valence-corrected chi connectivity index (χ1v) is 7.26. The highest BCUT2D eigenvalue weighted by molar-refractivity contribution is 5.82. The van der Waals surface area contributed by atoms with Crippen LogP contribution in [-0.2, 0) is 9.53 Å². The molecule has 0 aromatic heterocycles. The number of morpholine rings is 1. The number of hydrogen-bond donors (Lipinski definition) is 2. The number of aliphatic hydroxyl groups is 1. The molecule has 23 heavy (non-hydrogen) atoms. The molecule has 8 heteroatoms. The van der Waals surface area contributed by atoms with E-state index in [1.807, 2.05) is 0 Å². The van der Waals surface area contributed by atoms with Gasteiger partial charge < -0.3 is 15.2 Å². The second-order valence-corrected chi connectivity index (χ2v) is 5.35. The second kappa shape index (κ2) is 7.76. The molecule has 2 unspecified atom stereocenters. The maximum Gasteiger partial charge on any atom is 0.401 e. The van der Waals surface area contributed by atoms with Crippen LogP contribution in [0, 0.1) is 0 Å². The van der Waals surface area contributed by atoms with E-state index in [2.05, 4.69) is 5.32 Å². The Morgan fingerprint density at radius 1 is 1.39 bits per heavy atom. The van der Waals surface area contributed by atoms with Crippen LogP contribution in [0.3, 0.4) is 0 Å². The van der Waals surface area contributed by atoms with Crippen LogP contribution in [-0.4, -0.2) is 61.0 Å². The third kappa shape index (κ3) is 5.49. The molecule has 2 N–H and O–H groups in total. The Hall–Kier alpha value is -1.64. The quantitative estimate of drug-likeness (QED) is 0.848. The van der Waals surface area contributed by atoms with Crippen LogP contribution in [0.4, 0.5) is 13.2 Å². The first-order valence-electron chi connectivity index (χ1n) is 7.26. The van der Waals surface area contributed by atoms with Gasteiger partial charge in [-0.1, -0.05) is 30.3 Å². The summed E-state index contributed by atoms with van der Waals surface area (Å²) in [5.41, 5.74) is 0.625. The average Bonchev–Trinajstić information content (AvgIpc) is 2.52. The first-order chi connectivity index (χ1) is 10.9. The number of alkyl halides is 3. The molecule has 1 amide bonds. The lowest BCUT2D eigenvalue weighted by Gasteiger charge is -2.34. The third-order valence-electron chi connectivity index (χ3n) is 3.58. The zero-order valence-corrected chi connectivity index (χ0v) is 12.4. The molecule has 2 rings (SSSR count). The summed E-state index contributed by atoms with van der Waals surface area (Å²) in [6.07, 6.45) is -5.29. The molecule has 0 aliphatic carbocycles. The van der Waals surface area contributed by atoms with Crippen LogP contribution in [0.15, 0.2) is 30.3 Å². The topological polar surface area (TPSA) is 61.8 Å². The summed E-state index contributed by atoms with van der Waals surface area (Å²) in [5.74, 6) is -0.580. The number of carbonyl (C=O) groups excluding carboxylic acids is 1. The summed E-state index contributed by atoms with van der Waals surface area (Å²) in [4.78, 5) is 13.2. The van der Waals surface area contributed by atoms with E-state index in [4.69, 9.17) is 4.74 Å². The van der Waals surface area contributed by atoms with Crippen LogP contribution < -0.4 is 5.32 Å². The molecular weight excluding hydrogens is 313 g/mol. The molecule has 0 bridgehead atoms. The fourth-order valence-electron chi connectivity index (χ4n) is 2.41. The summed E-state index contributed by atoms with van der Waals surface area (Å²) in [6, 6.07) is 7.70. The predicted octanol–water partition coefficient (Wildman–Crippen LogP) is 1.10. The molecule has 1 saturated heterocycles. The van der Waals surface area contributed by atoms with Crippen molar-refractivity contribution < 1.29 is 27.8 Å². The van der Waals surface area contributed by atoms with Crippen molar-refractivity contribution in [1.82, 2.24) is 10.2 Å². The van der Waals surface area contributed by atoms with Crippen molar-refractivity contribution in [1.29, 1.82) is 0 Å². The lowest BCUT2D eigenvalue weighted by atomic mass is 10.1. The molecule has 1 heterocycles. The van der Waals surface area contributed by atoms with Gasteiger partial charge in [0.15, 0.2) is 0 Å². The zero-order chi connectivity index (χ0) is 16.9. The summed E-state index contributed by atoms with van der Waals surface area (Å²) < 4.78 is 42.8. The van der Waals surface area contributed by atoms with Gasteiger partial charge in [-0.2, -0.15) is 13.2 Å². The van der Waals surface area contributed by atoms with Crippen molar-refractivity contribution in [3.05, 3.63) is 35.9 Å². The van der Waals surface area contributed by atoms with Crippen LogP contribution in [0.2, 0.25) is 0 Å². The summed E-state index contributed by atoms with van der Waals surface area (Å²) in [5, 5.41) is 12.5. The molecule has 1 aliphatic rings. The minimum Gasteiger partial charge on any atom is -0.387 e. The van der Waals surface area contributed by atoms with E-state index in [9.17, 15) is 23.1 Å². The Morgan fingerprint density at radius 3 is 2.74 bits per heavy atom. The second-order valence-electron chi connectivity index (χ2n) is 5.35. The number of carbonyl (C=O) groups is 1. The van der Waals surface area contributed by atoms with Crippen LogP contribution in [0.5, 0.6) is 0 Å². The van der Waals surface area contributed by atoms with Gasteiger partial charge in [0, 0.05) is 13.1 Å². The van der Waals surface area contributed by atoms with Crippen molar-refractivity contribution in [2.75, 3.05) is 32.8 Å². The fraction of sp³-hybridized carbons (Fsp3) is 0.533. The molecule has 128 valence electrons. The molecule has 1 aromatic rings. The van der Waals surface area contributed by atoms with Crippen molar-refractivity contribution in [3.8, 4) is 0 Å². The number of ether oxygens (including phenoxy) is 1. The van der Waals surface area contributed by atoms with Gasteiger partial charge in [0.1, 0.15) is 6.04 Å². The van der Waals surface area contributed by atoms with Gasteiger partial charge in [0.05, 0.1) is 25.9 Å². The van der Waals surface area contributed by atoms with Gasteiger partial charge in [-0.3, -0.25) is 9.69 Å². The van der Waals surface area contributed by atoms with Crippen molar-refractivity contribution >= 4 is 5.91 Å². The predicted molar refractivity (Wildman–Crippen MR) is 76.6 cm³/mol. The number of aliphatic hydroxyl groups excluding tert-OH is 1. The van der Waals surface area contributed by atoms with Gasteiger partial charge in [0.2, 0.25) is 5.91 Å². The van der Waals surface area contributed by atoms with Crippen LogP contribution >= 0.6 is 0 Å². The standard InChI is InChI=1S/C15H19F3N2O3/c16-15(17,18)10-20-6-7-23-9-12(20)14(22)19-8-13(21)11-4-2-1-3-5-11/h1-5,12-13,21H,6-10H2,(H,19,22). The summed E-state index contributed by atoms with van der Waals surface area (Å²) in [7, 11) is 0. The average molecular weight is 332 g/mol. The highest BCUT2D eigenvalue weighted by Crippen LogP contribution is 2.20. The minimum atomic E-state index is -4.38. The van der Waals surface area contributed by atoms with E-state index in [0.29, 0.717) is 5.56 Å². The Bertz CT molecular complexity index is 510. The Labute approximate surface area is 132 Å². The lowest BCUT2D eigenvalue weighted by Crippen LogP contribution is -2.56. The van der Waals surface area contributed by atoms with Crippen molar-refractivity contribution in [2.45, 2.75) is 18.3 Å². The lowest BCUT2D eigenvalue weighted by molar-refractivity contribution is -0.166. The maximum atomic E-state index is 12.6. The largest absolute Gasteiger partial charge is 0.401 e. The highest BCUT2D eigenvalue weighted by Gasteiger charge is 2.38. The SMILES string of the molecule is O=C(NCC(O)c1ccccc1)C1COCCN1CC(F)(F)F. The van der Waals surface area contributed by atoms with E-state index in [1.54, 1.807) is 30.3 Å². The minimum absolute atomic E-state index is 0.0405. The Morgan fingerprint density at radius 2 is 2.09 bits per heavy atom. The van der Waals surface area contributed by atoms with Gasteiger partial charge in [-0.05, 0) is 5.56 Å². The van der Waals surface area contributed by atoms with Crippen LogP contribution in [0.25, 0.3) is 0 Å². The number of halogens is 3. The monoisotopic (exact) mass is 332 g/mol. The number of nitrogens with zero attached hydrogens (tertiary/aromatic N) is 1. The van der Waals surface area contributed by atoms with Crippen molar-refractivity contribution in [3.63, 3.8) is 0 Å². The van der Waals surface area contributed by atoms with E-state index < -0.39 is 30.8 Å². The smallest absolute Gasteiger partial charge is 0.387 e. The van der Waals surface area contributed by atoms with E-state index in [0.717, 1.165) is 4.90 Å². The van der Waals surface area contributed by atoms with Gasteiger partial charge >= 0.3 is 6.18 Å². The summed E-state index contributed by atoms with van der Waals surface area (Å²) in [6.45, 7) is -1.12. The van der Waals surface area contributed by atoms with Gasteiger partial charge in [-0.25, -0.2) is 0 Å². The normalized spacial score (nSPS) is 21.0. The molecule has 0 saturated carbocycles.